The summed E-state index contributed by atoms with van der Waals surface area (Å²) in [5, 5.41) is 10.7. The Morgan fingerprint density at radius 2 is 1.56 bits per heavy atom. The number of carbonyl (C=O) groups excluding carboxylic acids is 6. The smallest absolute Gasteiger partial charge is 0.409 e. The number of nitrogens with zero attached hydrogens (tertiary/aromatic N) is 7. The summed E-state index contributed by atoms with van der Waals surface area (Å²) in [7, 11) is 4.72. The molecular formula is C54H76BN13O10SY. The minimum atomic E-state index is -3.85. The third-order valence-electron chi connectivity index (χ3n) is 12.3. The summed E-state index contributed by atoms with van der Waals surface area (Å²) < 4.78 is 40.6. The number of nitrogens with two attached hydrogens (primary N) is 1. The molecule has 6 rings (SSSR count). The number of urea groups is 1. The molecule has 80 heavy (non-hydrogen) atoms. The number of sulfonamides is 1. The largest absolute Gasteiger partial charge is 0.492 e. The molecule has 0 aliphatic carbocycles. The molecule has 23 nitrogen and oxygen atoms in total. The second-order valence-electron chi connectivity index (χ2n) is 20.4. The fourth-order valence-electron chi connectivity index (χ4n) is 8.32. The first-order valence-electron chi connectivity index (χ1n) is 26.4. The van der Waals surface area contributed by atoms with Crippen LogP contribution in [0.3, 0.4) is 0 Å². The molecule has 2 aliphatic heterocycles. The van der Waals surface area contributed by atoms with E-state index in [1.54, 1.807) is 109 Å². The molecule has 2 fully saturated rings. The van der Waals surface area contributed by atoms with E-state index >= 15 is 0 Å². The Morgan fingerprint density at radius 1 is 0.900 bits per heavy atom. The Balaban J connectivity index is 0.00000337. The van der Waals surface area contributed by atoms with Crippen LogP contribution in [0.15, 0.2) is 83.9 Å². The first kappa shape index (κ1) is 66.3. The maximum absolute atomic E-state index is 14.5. The second-order valence-corrected chi connectivity index (χ2v) is 22.0. The molecule has 1 aromatic heterocycles. The monoisotopic (exact) mass is 1200 g/mol. The molecule has 7 amide bonds. The molecule has 0 bridgehead atoms. The summed E-state index contributed by atoms with van der Waals surface area (Å²) in [5.74, 6) is -1.34. The van der Waals surface area contributed by atoms with Gasteiger partial charge < -0.3 is 51.1 Å². The van der Waals surface area contributed by atoms with E-state index in [2.05, 4.69) is 49.6 Å². The third kappa shape index (κ3) is 20.4. The van der Waals surface area contributed by atoms with Crippen LogP contribution in [0.25, 0.3) is 0 Å². The number of carbonyl (C=O) groups is 6. The van der Waals surface area contributed by atoms with Crippen LogP contribution in [-0.2, 0) is 73.3 Å². The Morgan fingerprint density at radius 3 is 2.20 bits per heavy atom. The van der Waals surface area contributed by atoms with Crippen LogP contribution >= 0.6 is 0 Å². The standard InChI is InChI=1S/C51H68BN13O10S.C3H8.Y/c1-34-31-55-48(58-45(34)57-37-11-9-12-40(29-37)76(72,73)60-51(2,3)4)65(38-18-20-39(21-19-38)74-28-27-63-22-7-8-23-63)49(70)61(5)25-26-62(6)50(71)75-33-35-14-16-36(17-15-35)56-44(67)32-54-46(68)42-13-10-24-64(42)47(69)41(59-52)30-43(53)66;1-3-2;/h9,11-12,14-21,29,31,41-42,59-60H,7-8,10,13,22-28,30,32-33H2,1-6H3,(H2,53,66)(H,54,68)(H,56,67)(H,55,57,58);3H2,1-2H3;. The summed E-state index contributed by atoms with van der Waals surface area (Å²) in [5.41, 5.74) is 7.06. The molecule has 2 aliphatic rings. The average Bonchev–Trinajstić information content (AvgIpc) is 4.20. The van der Waals surface area contributed by atoms with Gasteiger partial charge in [0, 0.05) is 108 Å². The molecule has 3 aromatic carbocycles. The molecule has 2 saturated heterocycles. The maximum Gasteiger partial charge on any atom is 0.409 e. The zero-order valence-electron chi connectivity index (χ0n) is 47.1. The molecule has 3 radical (unpaired) electrons. The van der Waals surface area contributed by atoms with E-state index in [0.29, 0.717) is 59.2 Å². The molecule has 2 atom stereocenters. The van der Waals surface area contributed by atoms with E-state index in [-0.39, 0.29) is 82.8 Å². The predicted octanol–water partition coefficient (Wildman–Crippen LogP) is 4.92. The van der Waals surface area contributed by atoms with Crippen molar-refractivity contribution in [3.63, 3.8) is 0 Å². The zero-order chi connectivity index (χ0) is 57.9. The van der Waals surface area contributed by atoms with Gasteiger partial charge in [0.05, 0.1) is 23.2 Å². The van der Waals surface area contributed by atoms with E-state index < -0.39 is 63.4 Å². The average molecular weight is 1200 g/mol. The number of nitrogens with one attached hydrogen (secondary N) is 5. The van der Waals surface area contributed by atoms with Crippen molar-refractivity contribution in [3.05, 3.63) is 90.1 Å². The van der Waals surface area contributed by atoms with Crippen molar-refractivity contribution in [1.82, 2.24) is 44.8 Å². The van der Waals surface area contributed by atoms with Crippen LogP contribution in [0.5, 0.6) is 5.75 Å². The maximum atomic E-state index is 14.5. The fourth-order valence-corrected chi connectivity index (χ4v) is 9.78. The van der Waals surface area contributed by atoms with Gasteiger partial charge in [0.1, 0.15) is 30.8 Å². The quantitative estimate of drug-likeness (QED) is 0.0538. The van der Waals surface area contributed by atoms with Crippen molar-refractivity contribution in [2.45, 2.75) is 109 Å². The van der Waals surface area contributed by atoms with Crippen LogP contribution < -0.4 is 41.3 Å². The van der Waals surface area contributed by atoms with Crippen molar-refractivity contribution in [2.75, 3.05) is 82.0 Å². The number of amides is 7. The Kier molecular flexibility index (Phi) is 26.2. The molecule has 7 N–H and O–H groups in total. The molecule has 2 unspecified atom stereocenters. The van der Waals surface area contributed by atoms with Crippen molar-refractivity contribution in [2.24, 2.45) is 5.73 Å². The fraction of sp³-hybridized carbons (Fsp3) is 0.481. The van der Waals surface area contributed by atoms with Gasteiger partial charge in [-0.25, -0.2) is 32.6 Å². The van der Waals surface area contributed by atoms with Gasteiger partial charge in [-0.15, -0.1) is 0 Å². The summed E-state index contributed by atoms with van der Waals surface area (Å²) >= 11 is 0. The number of hydrogen-bond acceptors (Lipinski definition) is 15. The van der Waals surface area contributed by atoms with Crippen LogP contribution in [0.2, 0.25) is 0 Å². The summed E-state index contributed by atoms with van der Waals surface area (Å²) in [6.07, 6.45) is 5.10. The van der Waals surface area contributed by atoms with Crippen LogP contribution in [0.1, 0.15) is 84.3 Å². The molecule has 4 aromatic rings. The van der Waals surface area contributed by atoms with Crippen molar-refractivity contribution >= 4 is 82.6 Å². The molecule has 0 saturated carbocycles. The van der Waals surface area contributed by atoms with Crippen LogP contribution in [0.4, 0.5) is 38.4 Å². The van der Waals surface area contributed by atoms with Gasteiger partial charge in [0.15, 0.2) is 7.98 Å². The molecular weight excluding hydrogens is 1120 g/mol. The molecule has 26 heteroatoms. The van der Waals surface area contributed by atoms with Crippen molar-refractivity contribution in [1.29, 1.82) is 0 Å². The van der Waals surface area contributed by atoms with Gasteiger partial charge in [-0.3, -0.25) is 24.1 Å². The van der Waals surface area contributed by atoms with Gasteiger partial charge in [-0.2, -0.15) is 4.98 Å². The number of aromatic nitrogens is 2. The Labute approximate surface area is 496 Å². The van der Waals surface area contributed by atoms with E-state index in [0.717, 1.165) is 19.6 Å². The van der Waals surface area contributed by atoms with Crippen molar-refractivity contribution < 1.29 is 79.4 Å². The van der Waals surface area contributed by atoms with E-state index in [1.807, 2.05) is 0 Å². The molecule has 0 spiro atoms. The Hall–Kier alpha value is -6.24. The van der Waals surface area contributed by atoms with E-state index in [9.17, 15) is 37.2 Å². The molecule has 429 valence electrons. The third-order valence-corrected chi connectivity index (χ3v) is 14.1. The minimum absolute atomic E-state index is 0. The van der Waals surface area contributed by atoms with Gasteiger partial charge in [-0.05, 0) is 127 Å². The number of likely N-dealkylation sites (tertiary alicyclic amines) is 2. The summed E-state index contributed by atoms with van der Waals surface area (Å²) in [6, 6.07) is 17.4. The number of ether oxygens (including phenoxy) is 2. The van der Waals surface area contributed by atoms with Crippen molar-refractivity contribution in [3.8, 4) is 5.75 Å². The van der Waals surface area contributed by atoms with Gasteiger partial charge in [-0.1, -0.05) is 38.5 Å². The minimum Gasteiger partial charge on any atom is -0.492 e. The van der Waals surface area contributed by atoms with E-state index in [1.165, 1.54) is 51.0 Å². The number of aryl methyl sites for hydroxylation is 1. The van der Waals surface area contributed by atoms with Gasteiger partial charge in [0.25, 0.3) is 0 Å². The topological polar surface area (TPSA) is 283 Å². The second kappa shape index (κ2) is 31.7. The number of anilines is 5. The summed E-state index contributed by atoms with van der Waals surface area (Å²) in [4.78, 5) is 94.8. The zero-order valence-corrected chi connectivity index (χ0v) is 50.8. The number of hydrogen-bond donors (Lipinski definition) is 6. The van der Waals surface area contributed by atoms with Gasteiger partial charge >= 0.3 is 12.1 Å². The Bertz CT molecular complexity index is 2820. The number of benzene rings is 3. The first-order chi connectivity index (χ1) is 37.5. The van der Waals surface area contributed by atoms with Crippen LogP contribution in [-0.4, -0.2) is 166 Å². The number of rotatable bonds is 23. The van der Waals surface area contributed by atoms with Crippen LogP contribution in [0, 0.1) is 6.92 Å². The predicted molar refractivity (Wildman–Crippen MR) is 302 cm³/mol. The van der Waals surface area contributed by atoms with Gasteiger partial charge in [0.2, 0.25) is 39.6 Å². The summed E-state index contributed by atoms with van der Waals surface area (Å²) in [6.45, 7) is 14.7. The SMILES string of the molecule is CCC.[B]NC(CC(N)=O)C(=O)N1CCCC1C(=O)NCC(=O)Nc1ccc(COC(=O)N(C)CCN(C)C(=O)N(c2ccc(OCCN3CCCC3)cc2)c2ncc(C)c(Nc3cccc(S(=O)(=O)NC(C)(C)C)c3)n2)cc1.[Y]. The number of likely N-dealkylation sites (N-methyl/N-ethyl adjacent to an activating group) is 2. The normalized spacial score (nSPS) is 14.6. The molecule has 3 heterocycles. The van der Waals surface area contributed by atoms with E-state index in [4.69, 9.17) is 28.2 Å². The first-order valence-corrected chi connectivity index (χ1v) is 27.8. The number of primary amides is 1.